The second-order valence-electron chi connectivity index (χ2n) is 4.21. The largest absolute Gasteiger partial charge is 0.271 e. The number of nitrogens with two attached hydrogens (primary N) is 1. The van der Waals surface area contributed by atoms with Gasteiger partial charge in [-0.2, -0.15) is 0 Å². The molecule has 0 radical (unpaired) electrons. The monoisotopic (exact) mass is 390 g/mol. The van der Waals surface area contributed by atoms with Crippen molar-refractivity contribution in [3.63, 3.8) is 0 Å². The zero-order chi connectivity index (χ0) is 13.8. The summed E-state index contributed by atoms with van der Waals surface area (Å²) in [6, 6.07) is 12.5. The summed E-state index contributed by atoms with van der Waals surface area (Å²) in [5.41, 5.74) is 4.35. The van der Waals surface area contributed by atoms with Gasteiger partial charge in [-0.15, -0.1) is 0 Å². The average Bonchev–Trinajstić information content (AvgIpc) is 2.38. The lowest BCUT2D eigenvalue weighted by Crippen LogP contribution is -2.29. The predicted octanol–water partition coefficient (Wildman–Crippen LogP) is 3.83. The van der Waals surface area contributed by atoms with Crippen molar-refractivity contribution in [2.45, 2.75) is 12.5 Å². The minimum Gasteiger partial charge on any atom is -0.271 e. The second-order valence-corrected chi connectivity index (χ2v) is 5.90. The third-order valence-electron chi connectivity index (χ3n) is 2.89. The van der Waals surface area contributed by atoms with Crippen LogP contribution in [0.3, 0.4) is 0 Å². The molecule has 0 aliphatic rings. The highest BCUT2D eigenvalue weighted by atomic mass is 127. The summed E-state index contributed by atoms with van der Waals surface area (Å²) < 4.78 is 14.9. The number of halogens is 3. The molecule has 2 nitrogen and oxygen atoms in total. The highest BCUT2D eigenvalue weighted by molar-refractivity contribution is 14.1. The van der Waals surface area contributed by atoms with Gasteiger partial charge in [0.15, 0.2) is 0 Å². The van der Waals surface area contributed by atoms with Crippen molar-refractivity contribution >= 4 is 34.2 Å². The van der Waals surface area contributed by atoms with E-state index in [2.05, 4.69) is 28.0 Å². The molecule has 0 aliphatic heterocycles. The van der Waals surface area contributed by atoms with Gasteiger partial charge in [-0.1, -0.05) is 29.8 Å². The standard InChI is InChI=1S/C14H13ClFIN2/c15-11-5-4-9(13(16)8-11)7-14(19-18)10-2-1-3-12(17)6-10/h1-6,8,14,19H,7,18H2. The summed E-state index contributed by atoms with van der Waals surface area (Å²) in [5, 5.41) is 0.396. The number of benzene rings is 2. The van der Waals surface area contributed by atoms with E-state index in [1.54, 1.807) is 12.1 Å². The topological polar surface area (TPSA) is 38.0 Å². The predicted molar refractivity (Wildman–Crippen MR) is 84.3 cm³/mol. The molecule has 19 heavy (non-hydrogen) atoms. The Morgan fingerprint density at radius 3 is 2.68 bits per heavy atom. The van der Waals surface area contributed by atoms with E-state index < -0.39 is 0 Å². The Bertz CT molecular complexity index is 577. The molecule has 0 heterocycles. The van der Waals surface area contributed by atoms with Crippen LogP contribution in [0.1, 0.15) is 17.2 Å². The molecule has 3 N–H and O–H groups in total. The molecule has 2 aromatic rings. The molecule has 5 heteroatoms. The van der Waals surface area contributed by atoms with Crippen LogP contribution in [0.15, 0.2) is 42.5 Å². The van der Waals surface area contributed by atoms with E-state index in [1.165, 1.54) is 6.07 Å². The highest BCUT2D eigenvalue weighted by Crippen LogP contribution is 2.22. The zero-order valence-electron chi connectivity index (χ0n) is 10.0. The van der Waals surface area contributed by atoms with Gasteiger partial charge in [0.2, 0.25) is 0 Å². The van der Waals surface area contributed by atoms with E-state index in [-0.39, 0.29) is 11.9 Å². The highest BCUT2D eigenvalue weighted by Gasteiger charge is 2.13. The van der Waals surface area contributed by atoms with E-state index in [0.717, 1.165) is 9.13 Å². The molecule has 0 amide bonds. The van der Waals surface area contributed by atoms with Crippen LogP contribution in [0.25, 0.3) is 0 Å². The lowest BCUT2D eigenvalue weighted by Gasteiger charge is -2.17. The van der Waals surface area contributed by atoms with Gasteiger partial charge in [-0.3, -0.25) is 11.3 Å². The van der Waals surface area contributed by atoms with E-state index in [4.69, 9.17) is 17.4 Å². The van der Waals surface area contributed by atoms with Gasteiger partial charge in [0, 0.05) is 8.59 Å². The third kappa shape index (κ3) is 3.89. The fraction of sp³-hybridized carbons (Fsp3) is 0.143. The number of hydrogen-bond donors (Lipinski definition) is 2. The fourth-order valence-corrected chi connectivity index (χ4v) is 2.63. The van der Waals surface area contributed by atoms with Crippen LogP contribution in [0, 0.1) is 9.39 Å². The smallest absolute Gasteiger partial charge is 0.127 e. The van der Waals surface area contributed by atoms with E-state index >= 15 is 0 Å². The molecule has 2 rings (SSSR count). The summed E-state index contributed by atoms with van der Waals surface area (Å²) >= 11 is 7.98. The fourth-order valence-electron chi connectivity index (χ4n) is 1.90. The summed E-state index contributed by atoms with van der Waals surface area (Å²) in [6.07, 6.45) is 0.472. The third-order valence-corrected chi connectivity index (χ3v) is 3.80. The molecule has 0 aliphatic carbocycles. The van der Waals surface area contributed by atoms with Crippen LogP contribution >= 0.6 is 34.2 Å². The molecule has 0 bridgehead atoms. The van der Waals surface area contributed by atoms with Crippen LogP contribution in [0.5, 0.6) is 0 Å². The van der Waals surface area contributed by atoms with Crippen LogP contribution in [-0.4, -0.2) is 0 Å². The first kappa shape index (κ1) is 14.7. The van der Waals surface area contributed by atoms with Gasteiger partial charge in [0.1, 0.15) is 5.82 Å². The maximum atomic E-state index is 13.8. The Morgan fingerprint density at radius 1 is 1.26 bits per heavy atom. The molecular weight excluding hydrogens is 378 g/mol. The number of hydrazine groups is 1. The van der Waals surface area contributed by atoms with Crippen LogP contribution < -0.4 is 11.3 Å². The molecule has 0 saturated heterocycles. The van der Waals surface area contributed by atoms with Gasteiger partial charge in [-0.05, 0) is 64.4 Å². The molecule has 0 fully saturated rings. The summed E-state index contributed by atoms with van der Waals surface area (Å²) in [5.74, 6) is 5.27. The first-order valence-corrected chi connectivity index (χ1v) is 7.21. The lowest BCUT2D eigenvalue weighted by molar-refractivity contribution is 0.529. The van der Waals surface area contributed by atoms with Crippen molar-refractivity contribution in [3.05, 3.63) is 68.0 Å². The molecular formula is C14H13ClFIN2. The maximum Gasteiger partial charge on any atom is 0.127 e. The minimum absolute atomic E-state index is 0.134. The van der Waals surface area contributed by atoms with Gasteiger partial charge in [0.25, 0.3) is 0 Å². The van der Waals surface area contributed by atoms with E-state index in [1.807, 2.05) is 24.3 Å². The molecule has 0 aromatic heterocycles. The van der Waals surface area contributed by atoms with E-state index in [9.17, 15) is 4.39 Å². The molecule has 2 aromatic carbocycles. The molecule has 100 valence electrons. The summed E-state index contributed by atoms with van der Waals surface area (Å²) in [7, 11) is 0. The maximum absolute atomic E-state index is 13.8. The SMILES string of the molecule is NNC(Cc1ccc(Cl)cc1F)c1cccc(I)c1. The van der Waals surface area contributed by atoms with Crippen LogP contribution in [0.4, 0.5) is 4.39 Å². The Balaban J connectivity index is 2.24. The van der Waals surface area contributed by atoms with Gasteiger partial charge >= 0.3 is 0 Å². The van der Waals surface area contributed by atoms with Crippen molar-refractivity contribution in [1.82, 2.24) is 5.43 Å². The normalized spacial score (nSPS) is 12.4. The van der Waals surface area contributed by atoms with Crippen molar-refractivity contribution in [2.24, 2.45) is 5.84 Å². The number of hydrogen-bond acceptors (Lipinski definition) is 2. The Hall–Kier alpha value is -0.690. The minimum atomic E-state index is -0.307. The number of nitrogens with one attached hydrogen (secondary N) is 1. The van der Waals surface area contributed by atoms with Crippen molar-refractivity contribution in [1.29, 1.82) is 0 Å². The van der Waals surface area contributed by atoms with Crippen LogP contribution in [0.2, 0.25) is 5.02 Å². The van der Waals surface area contributed by atoms with Gasteiger partial charge < -0.3 is 0 Å². The van der Waals surface area contributed by atoms with Crippen molar-refractivity contribution in [2.75, 3.05) is 0 Å². The summed E-state index contributed by atoms with van der Waals surface area (Å²) in [4.78, 5) is 0. The Morgan fingerprint density at radius 2 is 2.05 bits per heavy atom. The van der Waals surface area contributed by atoms with Crippen molar-refractivity contribution < 1.29 is 4.39 Å². The van der Waals surface area contributed by atoms with Crippen LogP contribution in [-0.2, 0) is 6.42 Å². The summed E-state index contributed by atoms with van der Waals surface area (Å²) in [6.45, 7) is 0. The second kappa shape index (κ2) is 6.65. The molecule has 1 unspecified atom stereocenters. The zero-order valence-corrected chi connectivity index (χ0v) is 13.0. The number of rotatable bonds is 4. The average molecular weight is 391 g/mol. The van der Waals surface area contributed by atoms with Gasteiger partial charge in [-0.25, -0.2) is 4.39 Å². The Labute approximate surface area is 130 Å². The van der Waals surface area contributed by atoms with Crippen molar-refractivity contribution in [3.8, 4) is 0 Å². The first-order chi connectivity index (χ1) is 9.10. The molecule has 0 spiro atoms. The molecule has 1 atom stereocenters. The van der Waals surface area contributed by atoms with Gasteiger partial charge in [0.05, 0.1) is 6.04 Å². The Kier molecular flexibility index (Phi) is 5.15. The quantitative estimate of drug-likeness (QED) is 0.473. The lowest BCUT2D eigenvalue weighted by atomic mass is 9.99. The van der Waals surface area contributed by atoms with E-state index in [0.29, 0.717) is 17.0 Å². The molecule has 0 saturated carbocycles. The first-order valence-electron chi connectivity index (χ1n) is 5.75.